The average molecular weight is 278 g/mol. The lowest BCUT2D eigenvalue weighted by atomic mass is 10.0. The zero-order chi connectivity index (χ0) is 14.5. The fourth-order valence-electron chi connectivity index (χ4n) is 3.09. The highest BCUT2D eigenvalue weighted by atomic mass is 19.1. The molecule has 1 heterocycles. The summed E-state index contributed by atoms with van der Waals surface area (Å²) in [6, 6.07) is 6.18. The van der Waals surface area contributed by atoms with Gasteiger partial charge in [0.05, 0.1) is 5.69 Å². The fourth-order valence-corrected chi connectivity index (χ4v) is 3.09. The molecular formula is C17H27FN2. The molecule has 1 saturated heterocycles. The molecule has 1 fully saturated rings. The van der Waals surface area contributed by atoms with Gasteiger partial charge >= 0.3 is 0 Å². The van der Waals surface area contributed by atoms with E-state index in [0.717, 1.165) is 37.3 Å². The molecule has 1 atom stereocenters. The van der Waals surface area contributed by atoms with E-state index in [2.05, 4.69) is 37.1 Å². The Balaban J connectivity index is 2.09. The summed E-state index contributed by atoms with van der Waals surface area (Å²) >= 11 is 0. The van der Waals surface area contributed by atoms with Gasteiger partial charge in [0.1, 0.15) is 5.82 Å². The second-order valence-electron chi connectivity index (χ2n) is 6.11. The highest BCUT2D eigenvalue weighted by Crippen LogP contribution is 2.31. The SMILES string of the molecule is CCCNCc1ccc(N2CCCC2C(C)C)c(F)c1. The molecule has 0 radical (unpaired) electrons. The minimum absolute atomic E-state index is 0.0756. The molecule has 0 saturated carbocycles. The van der Waals surface area contributed by atoms with Crippen molar-refractivity contribution in [2.24, 2.45) is 5.92 Å². The minimum Gasteiger partial charge on any atom is -0.366 e. The molecule has 1 unspecified atom stereocenters. The maximum atomic E-state index is 14.4. The van der Waals surface area contributed by atoms with Crippen molar-refractivity contribution in [1.29, 1.82) is 0 Å². The van der Waals surface area contributed by atoms with Gasteiger partial charge < -0.3 is 10.2 Å². The number of halogens is 1. The summed E-state index contributed by atoms with van der Waals surface area (Å²) in [7, 11) is 0. The summed E-state index contributed by atoms with van der Waals surface area (Å²) in [6.07, 6.45) is 3.45. The van der Waals surface area contributed by atoms with Gasteiger partial charge in [0, 0.05) is 19.1 Å². The molecule has 1 aromatic carbocycles. The van der Waals surface area contributed by atoms with E-state index in [1.54, 1.807) is 6.07 Å². The summed E-state index contributed by atoms with van der Waals surface area (Å²) in [6.45, 7) is 9.29. The van der Waals surface area contributed by atoms with Gasteiger partial charge in [0.2, 0.25) is 0 Å². The van der Waals surface area contributed by atoms with E-state index in [4.69, 9.17) is 0 Å². The Bertz CT molecular complexity index is 431. The normalized spacial score (nSPS) is 19.1. The summed E-state index contributed by atoms with van der Waals surface area (Å²) in [5, 5.41) is 3.31. The molecular weight excluding hydrogens is 251 g/mol. The Morgan fingerprint density at radius 1 is 1.40 bits per heavy atom. The Morgan fingerprint density at radius 2 is 2.20 bits per heavy atom. The molecule has 112 valence electrons. The molecule has 0 amide bonds. The van der Waals surface area contributed by atoms with Crippen molar-refractivity contribution >= 4 is 5.69 Å². The van der Waals surface area contributed by atoms with Crippen LogP contribution in [0.5, 0.6) is 0 Å². The predicted molar refractivity (Wildman–Crippen MR) is 83.6 cm³/mol. The number of benzene rings is 1. The third kappa shape index (κ3) is 3.51. The van der Waals surface area contributed by atoms with E-state index in [1.165, 1.54) is 12.8 Å². The van der Waals surface area contributed by atoms with Crippen molar-refractivity contribution in [2.45, 2.75) is 52.6 Å². The molecule has 0 bridgehead atoms. The highest BCUT2D eigenvalue weighted by Gasteiger charge is 2.28. The van der Waals surface area contributed by atoms with Gasteiger partial charge in [-0.25, -0.2) is 4.39 Å². The number of nitrogens with one attached hydrogen (secondary N) is 1. The predicted octanol–water partition coefficient (Wildman–Crippen LogP) is 3.95. The molecule has 2 rings (SSSR count). The van der Waals surface area contributed by atoms with E-state index < -0.39 is 0 Å². The van der Waals surface area contributed by atoms with E-state index in [1.807, 2.05) is 6.07 Å². The second-order valence-corrected chi connectivity index (χ2v) is 6.11. The third-order valence-corrected chi connectivity index (χ3v) is 4.15. The first-order valence-electron chi connectivity index (χ1n) is 7.89. The molecule has 0 aliphatic carbocycles. The summed E-state index contributed by atoms with van der Waals surface area (Å²) in [4.78, 5) is 2.25. The van der Waals surface area contributed by atoms with Crippen LogP contribution in [0, 0.1) is 11.7 Å². The highest BCUT2D eigenvalue weighted by molar-refractivity contribution is 5.51. The van der Waals surface area contributed by atoms with E-state index in [9.17, 15) is 4.39 Å². The van der Waals surface area contributed by atoms with Crippen molar-refractivity contribution in [2.75, 3.05) is 18.0 Å². The van der Waals surface area contributed by atoms with Gasteiger partial charge in [-0.05, 0) is 49.4 Å². The summed E-state index contributed by atoms with van der Waals surface area (Å²) < 4.78 is 14.4. The Hall–Kier alpha value is -1.09. The average Bonchev–Trinajstić information content (AvgIpc) is 2.88. The Kier molecular flexibility index (Phi) is 5.41. The van der Waals surface area contributed by atoms with Gasteiger partial charge in [-0.3, -0.25) is 0 Å². The number of nitrogens with zero attached hydrogens (tertiary/aromatic N) is 1. The van der Waals surface area contributed by atoms with Crippen molar-refractivity contribution < 1.29 is 4.39 Å². The van der Waals surface area contributed by atoms with Crippen LogP contribution in [0.4, 0.5) is 10.1 Å². The molecule has 20 heavy (non-hydrogen) atoms. The van der Waals surface area contributed by atoms with Crippen LogP contribution in [0.1, 0.15) is 45.6 Å². The Labute approximate surface area is 122 Å². The monoisotopic (exact) mass is 278 g/mol. The van der Waals surface area contributed by atoms with E-state index >= 15 is 0 Å². The number of anilines is 1. The van der Waals surface area contributed by atoms with Gasteiger partial charge in [0.25, 0.3) is 0 Å². The molecule has 0 spiro atoms. The van der Waals surface area contributed by atoms with Crippen molar-refractivity contribution in [3.63, 3.8) is 0 Å². The zero-order valence-electron chi connectivity index (χ0n) is 13.0. The van der Waals surface area contributed by atoms with Crippen molar-refractivity contribution in [1.82, 2.24) is 5.32 Å². The largest absolute Gasteiger partial charge is 0.366 e. The standard InChI is InChI=1S/C17H27FN2/c1-4-9-19-12-14-7-8-17(15(18)11-14)20-10-5-6-16(20)13(2)3/h7-8,11,13,16,19H,4-6,9-10,12H2,1-3H3. The van der Waals surface area contributed by atoms with Gasteiger partial charge in [-0.15, -0.1) is 0 Å². The second kappa shape index (κ2) is 7.07. The topological polar surface area (TPSA) is 15.3 Å². The lowest BCUT2D eigenvalue weighted by molar-refractivity contribution is 0.485. The lowest BCUT2D eigenvalue weighted by Gasteiger charge is -2.30. The molecule has 1 aliphatic heterocycles. The summed E-state index contributed by atoms with van der Waals surface area (Å²) in [5.74, 6) is 0.496. The van der Waals surface area contributed by atoms with Crippen LogP contribution >= 0.6 is 0 Å². The van der Waals surface area contributed by atoms with Gasteiger partial charge in [-0.1, -0.05) is 26.8 Å². The molecule has 1 aliphatic rings. The first kappa shape index (κ1) is 15.3. The lowest BCUT2D eigenvalue weighted by Crippen LogP contribution is -2.34. The van der Waals surface area contributed by atoms with Crippen molar-refractivity contribution in [3.8, 4) is 0 Å². The van der Waals surface area contributed by atoms with Crippen LogP contribution in [0.15, 0.2) is 18.2 Å². The third-order valence-electron chi connectivity index (χ3n) is 4.15. The Morgan fingerprint density at radius 3 is 2.85 bits per heavy atom. The van der Waals surface area contributed by atoms with Gasteiger partial charge in [-0.2, -0.15) is 0 Å². The molecule has 0 aromatic heterocycles. The van der Waals surface area contributed by atoms with Crippen LogP contribution in [-0.2, 0) is 6.54 Å². The smallest absolute Gasteiger partial charge is 0.146 e. The fraction of sp³-hybridized carbons (Fsp3) is 0.647. The molecule has 1 N–H and O–H groups in total. The van der Waals surface area contributed by atoms with Crippen LogP contribution in [-0.4, -0.2) is 19.1 Å². The van der Waals surface area contributed by atoms with Crippen LogP contribution in [0.3, 0.4) is 0 Å². The maximum absolute atomic E-state index is 14.4. The zero-order valence-corrected chi connectivity index (χ0v) is 13.0. The van der Waals surface area contributed by atoms with Crippen molar-refractivity contribution in [3.05, 3.63) is 29.6 Å². The van der Waals surface area contributed by atoms with Gasteiger partial charge in [0.15, 0.2) is 0 Å². The molecule has 1 aromatic rings. The first-order valence-corrected chi connectivity index (χ1v) is 7.89. The maximum Gasteiger partial charge on any atom is 0.146 e. The summed E-state index contributed by atoms with van der Waals surface area (Å²) in [5.41, 5.74) is 1.81. The van der Waals surface area contributed by atoms with E-state index in [0.29, 0.717) is 12.0 Å². The van der Waals surface area contributed by atoms with E-state index in [-0.39, 0.29) is 5.82 Å². The first-order chi connectivity index (χ1) is 9.63. The number of rotatable bonds is 6. The number of hydrogen-bond donors (Lipinski definition) is 1. The molecule has 2 nitrogen and oxygen atoms in total. The molecule has 3 heteroatoms. The van der Waals surface area contributed by atoms with Crippen LogP contribution < -0.4 is 10.2 Å². The minimum atomic E-state index is -0.0756. The van der Waals surface area contributed by atoms with Crippen LogP contribution in [0.25, 0.3) is 0 Å². The number of hydrogen-bond acceptors (Lipinski definition) is 2. The van der Waals surface area contributed by atoms with Crippen LogP contribution in [0.2, 0.25) is 0 Å². The quantitative estimate of drug-likeness (QED) is 0.793.